The van der Waals surface area contributed by atoms with E-state index in [1.54, 1.807) is 13.0 Å². The first-order chi connectivity index (χ1) is 15.0. The van der Waals surface area contributed by atoms with E-state index >= 15 is 0 Å². The zero-order valence-corrected chi connectivity index (χ0v) is 18.5. The van der Waals surface area contributed by atoms with Crippen LogP contribution in [0.25, 0.3) is 0 Å². The number of aliphatic hydroxyl groups excluding tert-OH is 1. The first kappa shape index (κ1) is 26.4. The fourth-order valence-electron chi connectivity index (χ4n) is 2.50. The number of carboxylic acid groups (broad SMARTS) is 1. The maximum Gasteiger partial charge on any atom is 0.326 e. The lowest BCUT2D eigenvalue weighted by atomic mass is 10.1. The Morgan fingerprint density at radius 2 is 1.84 bits per heavy atom. The summed E-state index contributed by atoms with van der Waals surface area (Å²) >= 11 is 6.13. The molecule has 1 aromatic rings. The van der Waals surface area contributed by atoms with E-state index < -0.39 is 23.8 Å². The van der Waals surface area contributed by atoms with E-state index in [0.29, 0.717) is 5.57 Å². The van der Waals surface area contributed by atoms with Gasteiger partial charge in [-0.25, -0.2) is 4.79 Å². The summed E-state index contributed by atoms with van der Waals surface area (Å²) < 4.78 is 0. The molecule has 0 radical (unpaired) electrons. The highest BCUT2D eigenvalue weighted by atomic mass is 35.5. The van der Waals surface area contributed by atoms with Crippen molar-refractivity contribution >= 4 is 35.3 Å². The Morgan fingerprint density at radius 1 is 1.16 bits per heavy atom. The average Bonchev–Trinajstić information content (AvgIpc) is 2.70. The van der Waals surface area contributed by atoms with Gasteiger partial charge < -0.3 is 26.2 Å². The first-order valence-electron chi connectivity index (χ1n) is 9.62. The maximum absolute atomic E-state index is 12.4. The highest BCUT2D eigenvalue weighted by Gasteiger charge is 2.22. The van der Waals surface area contributed by atoms with Crippen molar-refractivity contribution in [1.29, 1.82) is 0 Å². The molecule has 0 spiro atoms. The molecule has 0 aromatic heterocycles. The Morgan fingerprint density at radius 3 is 2.41 bits per heavy atom. The minimum Gasteiger partial charge on any atom is -0.508 e. The van der Waals surface area contributed by atoms with Crippen molar-refractivity contribution in [1.82, 2.24) is 16.0 Å². The third-order valence-electron chi connectivity index (χ3n) is 4.05. The second kappa shape index (κ2) is 13.0. The number of carbonyl (C=O) groups excluding carboxylic acids is 3. The Labute approximate surface area is 190 Å². The SMILES string of the molecule is C=C(/C=C(O)\C=C/C)CNC(=O)c1ccc(C(=O)NC(CCNC(C)=O)C(=O)O)c(Cl)c1. The smallest absolute Gasteiger partial charge is 0.326 e. The van der Waals surface area contributed by atoms with Gasteiger partial charge in [0.25, 0.3) is 11.8 Å². The fraction of sp³-hybridized carbons (Fsp3) is 0.273. The number of amides is 3. The number of hydrogen-bond donors (Lipinski definition) is 5. The molecule has 0 bridgehead atoms. The summed E-state index contributed by atoms with van der Waals surface area (Å²) in [6.07, 6.45) is 4.52. The summed E-state index contributed by atoms with van der Waals surface area (Å²) in [5.41, 5.74) is 0.647. The monoisotopic (exact) mass is 463 g/mol. The standard InChI is InChI=1S/C22H26ClN3O6/c1-4-5-16(28)10-13(2)12-25-20(29)15-6-7-17(18(23)11-15)21(30)26-19(22(31)32)8-9-24-14(3)27/h4-7,10-11,19,28H,2,8-9,12H2,1,3H3,(H,24,27)(H,25,29)(H,26,30)(H,31,32)/b5-4-,16-10+. The maximum atomic E-state index is 12.4. The number of benzene rings is 1. The van der Waals surface area contributed by atoms with Gasteiger partial charge in [0.15, 0.2) is 0 Å². The number of aliphatic carboxylic acids is 1. The second-order valence-electron chi connectivity index (χ2n) is 6.74. The molecule has 9 nitrogen and oxygen atoms in total. The lowest BCUT2D eigenvalue weighted by Crippen LogP contribution is -2.43. The number of nitrogens with one attached hydrogen (secondary N) is 3. The van der Waals surface area contributed by atoms with Crippen molar-refractivity contribution in [2.45, 2.75) is 26.3 Å². The molecule has 1 aromatic carbocycles. The zero-order valence-electron chi connectivity index (χ0n) is 17.8. The quantitative estimate of drug-likeness (QED) is 0.251. The van der Waals surface area contributed by atoms with Crippen molar-refractivity contribution in [3.05, 3.63) is 70.5 Å². The van der Waals surface area contributed by atoms with E-state index in [9.17, 15) is 29.4 Å². The van der Waals surface area contributed by atoms with Gasteiger partial charge in [0, 0.05) is 25.6 Å². The van der Waals surface area contributed by atoms with Crippen molar-refractivity contribution in [2.75, 3.05) is 13.1 Å². The van der Waals surface area contributed by atoms with Crippen LogP contribution in [0, 0.1) is 0 Å². The van der Waals surface area contributed by atoms with Crippen molar-refractivity contribution in [3.8, 4) is 0 Å². The average molecular weight is 464 g/mol. The lowest BCUT2D eigenvalue weighted by Gasteiger charge is -2.15. The van der Waals surface area contributed by atoms with E-state index in [-0.39, 0.29) is 47.3 Å². The number of rotatable bonds is 11. The number of allylic oxidation sites excluding steroid dienone is 2. The normalized spacial score (nSPS) is 12.2. The van der Waals surface area contributed by atoms with Crippen molar-refractivity contribution in [3.63, 3.8) is 0 Å². The highest BCUT2D eigenvalue weighted by Crippen LogP contribution is 2.18. The Balaban J connectivity index is 2.78. The molecule has 0 aliphatic carbocycles. The molecule has 3 amide bonds. The van der Waals surface area contributed by atoms with Crippen LogP contribution in [0.15, 0.2) is 54.3 Å². The van der Waals surface area contributed by atoms with Gasteiger partial charge in [0.1, 0.15) is 11.8 Å². The zero-order chi connectivity index (χ0) is 24.3. The van der Waals surface area contributed by atoms with E-state index in [4.69, 9.17) is 11.6 Å². The van der Waals surface area contributed by atoms with Crippen molar-refractivity contribution in [2.24, 2.45) is 0 Å². The first-order valence-corrected chi connectivity index (χ1v) is 10.00. The van der Waals surface area contributed by atoms with Crippen LogP contribution >= 0.6 is 11.6 Å². The number of halogens is 1. The van der Waals surface area contributed by atoms with Gasteiger partial charge in [-0.3, -0.25) is 14.4 Å². The van der Waals surface area contributed by atoms with Gasteiger partial charge in [-0.05, 0) is 49.3 Å². The molecule has 5 N–H and O–H groups in total. The third kappa shape index (κ3) is 9.05. The summed E-state index contributed by atoms with van der Waals surface area (Å²) in [6, 6.07) is 2.74. The van der Waals surface area contributed by atoms with Crippen molar-refractivity contribution < 1.29 is 29.4 Å². The topological polar surface area (TPSA) is 145 Å². The van der Waals surface area contributed by atoms with Crippen LogP contribution in [0.1, 0.15) is 41.0 Å². The van der Waals surface area contributed by atoms with Gasteiger partial charge in [-0.1, -0.05) is 24.3 Å². The molecule has 0 saturated heterocycles. The summed E-state index contributed by atoms with van der Waals surface area (Å²) in [4.78, 5) is 47.0. The Hall–Kier alpha value is -3.59. The van der Waals surface area contributed by atoms with Crippen LogP contribution in [0.4, 0.5) is 0 Å². The molecule has 1 rings (SSSR count). The molecule has 1 atom stereocenters. The van der Waals surface area contributed by atoms with Crippen LogP contribution in [-0.4, -0.2) is 53.0 Å². The van der Waals surface area contributed by atoms with Crippen LogP contribution < -0.4 is 16.0 Å². The number of carbonyl (C=O) groups is 4. The van der Waals surface area contributed by atoms with Crippen LogP contribution in [0.5, 0.6) is 0 Å². The fourth-order valence-corrected chi connectivity index (χ4v) is 2.77. The van der Waals surface area contributed by atoms with E-state index in [1.165, 1.54) is 37.3 Å². The summed E-state index contributed by atoms with van der Waals surface area (Å²) in [5, 5.41) is 26.2. The number of hydrogen-bond acceptors (Lipinski definition) is 5. The molecule has 10 heteroatoms. The van der Waals surface area contributed by atoms with Gasteiger partial charge in [-0.15, -0.1) is 0 Å². The largest absolute Gasteiger partial charge is 0.508 e. The summed E-state index contributed by atoms with van der Waals surface area (Å²) in [7, 11) is 0. The van der Waals surface area contributed by atoms with Crippen LogP contribution in [0.2, 0.25) is 5.02 Å². The van der Waals surface area contributed by atoms with Gasteiger partial charge in [0.2, 0.25) is 5.91 Å². The van der Waals surface area contributed by atoms with Crippen LogP contribution in [-0.2, 0) is 9.59 Å². The third-order valence-corrected chi connectivity index (χ3v) is 4.36. The predicted octanol–water partition coefficient (Wildman–Crippen LogP) is 2.35. The van der Waals surface area contributed by atoms with E-state index in [2.05, 4.69) is 22.5 Å². The van der Waals surface area contributed by atoms with E-state index in [1.807, 2.05) is 0 Å². The van der Waals surface area contributed by atoms with E-state index in [0.717, 1.165) is 0 Å². The molecule has 0 aliphatic heterocycles. The van der Waals surface area contributed by atoms with Gasteiger partial charge in [-0.2, -0.15) is 0 Å². The van der Waals surface area contributed by atoms with Crippen LogP contribution in [0.3, 0.4) is 0 Å². The molecule has 0 fully saturated rings. The molecule has 0 heterocycles. The highest BCUT2D eigenvalue weighted by molar-refractivity contribution is 6.34. The molecule has 172 valence electrons. The van der Waals surface area contributed by atoms with Gasteiger partial charge in [0.05, 0.1) is 10.6 Å². The molecule has 0 saturated carbocycles. The molecule has 0 aliphatic rings. The molecule has 32 heavy (non-hydrogen) atoms. The minimum atomic E-state index is -1.26. The number of carboxylic acids is 1. The Bertz CT molecular complexity index is 955. The predicted molar refractivity (Wildman–Crippen MR) is 121 cm³/mol. The summed E-state index contributed by atoms with van der Waals surface area (Å²) in [5.74, 6) is -2.77. The van der Waals surface area contributed by atoms with Gasteiger partial charge >= 0.3 is 5.97 Å². The lowest BCUT2D eigenvalue weighted by molar-refractivity contribution is -0.139. The number of aliphatic hydroxyl groups is 1. The minimum absolute atomic E-state index is 0.00176. The second-order valence-corrected chi connectivity index (χ2v) is 7.15. The Kier molecular flexibility index (Phi) is 10.7. The summed E-state index contributed by atoms with van der Waals surface area (Å²) in [6.45, 7) is 6.93. The molecule has 1 unspecified atom stereocenters. The molecular formula is C22H26ClN3O6. The molecular weight excluding hydrogens is 438 g/mol.